The van der Waals surface area contributed by atoms with Gasteiger partial charge in [0.1, 0.15) is 11.6 Å². The molecule has 0 aliphatic carbocycles. The molecule has 2 aromatic rings. The van der Waals surface area contributed by atoms with Gasteiger partial charge in [-0.25, -0.2) is 8.78 Å². The monoisotopic (exact) mass is 331 g/mol. The molecule has 3 nitrogen and oxygen atoms in total. The van der Waals surface area contributed by atoms with Gasteiger partial charge in [0.05, 0.1) is 12.3 Å². The molecule has 0 bridgehead atoms. The minimum atomic E-state index is -0.645. The van der Waals surface area contributed by atoms with Crippen molar-refractivity contribution >= 4 is 11.6 Å². The average Bonchev–Trinajstić information content (AvgIpc) is 2.52. The Morgan fingerprint density at radius 3 is 2.58 bits per heavy atom. The molecule has 0 radical (unpaired) electrons. The lowest BCUT2D eigenvalue weighted by atomic mass is 9.89. The molecule has 5 heteroatoms. The first-order chi connectivity index (χ1) is 11.3. The Morgan fingerprint density at radius 2 is 1.96 bits per heavy atom. The SMILES string of the molecule is C=C(C)C(CO)c1ccc(F)cc1C(=O)Nc1cc(C)ccc1F. The maximum absolute atomic E-state index is 13.8. The van der Waals surface area contributed by atoms with E-state index in [1.807, 2.05) is 0 Å². The molecule has 126 valence electrons. The molecule has 0 spiro atoms. The topological polar surface area (TPSA) is 49.3 Å². The minimum absolute atomic E-state index is 0.0195. The van der Waals surface area contributed by atoms with Crippen LogP contribution >= 0.6 is 0 Å². The highest BCUT2D eigenvalue weighted by Crippen LogP contribution is 2.27. The fourth-order valence-electron chi connectivity index (χ4n) is 2.47. The summed E-state index contributed by atoms with van der Waals surface area (Å²) < 4.78 is 27.5. The van der Waals surface area contributed by atoms with Gasteiger partial charge < -0.3 is 10.4 Å². The lowest BCUT2D eigenvalue weighted by Gasteiger charge is -2.19. The van der Waals surface area contributed by atoms with E-state index in [0.717, 1.165) is 11.6 Å². The highest BCUT2D eigenvalue weighted by atomic mass is 19.1. The number of aliphatic hydroxyl groups excluding tert-OH is 1. The van der Waals surface area contributed by atoms with Gasteiger partial charge in [-0.15, -0.1) is 0 Å². The highest BCUT2D eigenvalue weighted by Gasteiger charge is 2.21. The van der Waals surface area contributed by atoms with Gasteiger partial charge in [-0.2, -0.15) is 0 Å². The predicted molar refractivity (Wildman–Crippen MR) is 90.1 cm³/mol. The van der Waals surface area contributed by atoms with E-state index in [-0.39, 0.29) is 17.9 Å². The third kappa shape index (κ3) is 3.86. The van der Waals surface area contributed by atoms with Crippen LogP contribution in [-0.2, 0) is 0 Å². The molecular weight excluding hydrogens is 312 g/mol. The molecule has 1 atom stereocenters. The van der Waals surface area contributed by atoms with Crippen molar-refractivity contribution in [1.29, 1.82) is 0 Å². The molecule has 1 unspecified atom stereocenters. The zero-order chi connectivity index (χ0) is 17.9. The van der Waals surface area contributed by atoms with Crippen LogP contribution in [0.1, 0.15) is 34.3 Å². The Balaban J connectivity index is 2.43. The highest BCUT2D eigenvalue weighted by molar-refractivity contribution is 6.05. The van der Waals surface area contributed by atoms with Crippen molar-refractivity contribution in [3.63, 3.8) is 0 Å². The predicted octanol–water partition coefficient (Wildman–Crippen LogP) is 4.18. The number of hydrogen-bond donors (Lipinski definition) is 2. The van der Waals surface area contributed by atoms with E-state index < -0.39 is 23.5 Å². The summed E-state index contributed by atoms with van der Waals surface area (Å²) in [5, 5.41) is 12.0. The zero-order valence-corrected chi connectivity index (χ0v) is 13.6. The Hall–Kier alpha value is -2.53. The van der Waals surface area contributed by atoms with Crippen LogP contribution in [0.2, 0.25) is 0 Å². The molecule has 0 aliphatic heterocycles. The van der Waals surface area contributed by atoms with Gasteiger partial charge in [-0.05, 0) is 49.2 Å². The first kappa shape index (κ1) is 17.8. The summed E-state index contributed by atoms with van der Waals surface area (Å²) in [7, 11) is 0. The Bertz CT molecular complexity index is 787. The van der Waals surface area contributed by atoms with E-state index in [4.69, 9.17) is 0 Å². The van der Waals surface area contributed by atoms with Crippen molar-refractivity contribution in [2.24, 2.45) is 0 Å². The van der Waals surface area contributed by atoms with E-state index in [2.05, 4.69) is 11.9 Å². The van der Waals surface area contributed by atoms with Crippen LogP contribution in [0, 0.1) is 18.6 Å². The van der Waals surface area contributed by atoms with E-state index in [1.54, 1.807) is 19.9 Å². The Kier molecular flexibility index (Phi) is 5.46. The second-order valence-corrected chi connectivity index (χ2v) is 5.75. The van der Waals surface area contributed by atoms with Crippen LogP contribution < -0.4 is 5.32 Å². The van der Waals surface area contributed by atoms with E-state index in [9.17, 15) is 18.7 Å². The quantitative estimate of drug-likeness (QED) is 0.808. The molecule has 1 amide bonds. The molecule has 0 heterocycles. The largest absolute Gasteiger partial charge is 0.395 e. The summed E-state index contributed by atoms with van der Waals surface area (Å²) in [6.07, 6.45) is 0. The second-order valence-electron chi connectivity index (χ2n) is 5.75. The molecule has 2 aromatic carbocycles. The van der Waals surface area contributed by atoms with Crippen LogP contribution in [0.5, 0.6) is 0 Å². The number of amides is 1. The maximum atomic E-state index is 13.8. The lowest BCUT2D eigenvalue weighted by molar-refractivity contribution is 0.102. The van der Waals surface area contributed by atoms with Gasteiger partial charge >= 0.3 is 0 Å². The number of benzene rings is 2. The van der Waals surface area contributed by atoms with Gasteiger partial charge in [-0.1, -0.05) is 24.3 Å². The molecule has 24 heavy (non-hydrogen) atoms. The summed E-state index contributed by atoms with van der Waals surface area (Å²) in [5.41, 5.74) is 1.92. The lowest BCUT2D eigenvalue weighted by Crippen LogP contribution is -2.18. The number of halogens is 2. The van der Waals surface area contributed by atoms with E-state index in [0.29, 0.717) is 11.1 Å². The Morgan fingerprint density at radius 1 is 1.25 bits per heavy atom. The normalized spacial score (nSPS) is 11.9. The molecule has 0 aliphatic rings. The molecule has 0 saturated heterocycles. The first-order valence-corrected chi connectivity index (χ1v) is 7.46. The molecule has 0 saturated carbocycles. The summed E-state index contributed by atoms with van der Waals surface area (Å²) >= 11 is 0. The number of aliphatic hydroxyl groups is 1. The first-order valence-electron chi connectivity index (χ1n) is 7.46. The summed E-state index contributed by atoms with van der Waals surface area (Å²) in [4.78, 5) is 12.5. The number of aryl methyl sites for hydroxylation is 1. The molecule has 0 aromatic heterocycles. The summed E-state index contributed by atoms with van der Waals surface area (Å²) in [6, 6.07) is 8.05. The molecule has 0 fully saturated rings. The van der Waals surface area contributed by atoms with Crippen molar-refractivity contribution in [3.8, 4) is 0 Å². The average molecular weight is 331 g/mol. The van der Waals surface area contributed by atoms with Crippen molar-refractivity contribution in [1.82, 2.24) is 0 Å². The number of nitrogens with one attached hydrogen (secondary N) is 1. The van der Waals surface area contributed by atoms with E-state index in [1.165, 1.54) is 24.3 Å². The van der Waals surface area contributed by atoms with Crippen LogP contribution in [0.15, 0.2) is 48.6 Å². The van der Waals surface area contributed by atoms with Crippen molar-refractivity contribution in [2.45, 2.75) is 19.8 Å². The van der Waals surface area contributed by atoms with Crippen LogP contribution in [0.25, 0.3) is 0 Å². The van der Waals surface area contributed by atoms with Crippen LogP contribution in [0.3, 0.4) is 0 Å². The zero-order valence-electron chi connectivity index (χ0n) is 13.6. The number of carbonyl (C=O) groups excluding carboxylic acids is 1. The fourth-order valence-corrected chi connectivity index (χ4v) is 2.47. The molecule has 2 rings (SSSR count). The Labute approximate surface area is 139 Å². The van der Waals surface area contributed by atoms with Crippen molar-refractivity contribution in [3.05, 3.63) is 76.9 Å². The maximum Gasteiger partial charge on any atom is 0.256 e. The second kappa shape index (κ2) is 7.36. The van der Waals surface area contributed by atoms with Crippen LogP contribution in [0.4, 0.5) is 14.5 Å². The number of rotatable bonds is 5. The van der Waals surface area contributed by atoms with Crippen molar-refractivity contribution < 1.29 is 18.7 Å². The van der Waals surface area contributed by atoms with Gasteiger partial charge in [0.2, 0.25) is 0 Å². The number of hydrogen-bond acceptors (Lipinski definition) is 2. The third-order valence-corrected chi connectivity index (χ3v) is 3.78. The molecular formula is C19H19F2NO2. The molecule has 2 N–H and O–H groups in total. The minimum Gasteiger partial charge on any atom is -0.395 e. The summed E-state index contributed by atoms with van der Waals surface area (Å²) in [6.45, 7) is 7.01. The van der Waals surface area contributed by atoms with E-state index >= 15 is 0 Å². The smallest absolute Gasteiger partial charge is 0.256 e. The van der Waals surface area contributed by atoms with Gasteiger partial charge in [0, 0.05) is 11.5 Å². The summed E-state index contributed by atoms with van der Waals surface area (Å²) in [5.74, 6) is -2.32. The van der Waals surface area contributed by atoms with Gasteiger partial charge in [0.15, 0.2) is 0 Å². The number of anilines is 1. The standard InChI is InChI=1S/C19H19F2NO2/c1-11(2)16(10-23)14-6-5-13(20)9-15(14)19(24)22-18-8-12(3)4-7-17(18)21/h4-9,16,23H,1,10H2,2-3H3,(H,22,24). The van der Waals surface area contributed by atoms with Gasteiger partial charge in [0.25, 0.3) is 5.91 Å². The van der Waals surface area contributed by atoms with Crippen LogP contribution in [-0.4, -0.2) is 17.6 Å². The number of carbonyl (C=O) groups is 1. The van der Waals surface area contributed by atoms with Gasteiger partial charge in [-0.3, -0.25) is 4.79 Å². The fraction of sp³-hybridized carbons (Fsp3) is 0.211. The van der Waals surface area contributed by atoms with Crippen molar-refractivity contribution in [2.75, 3.05) is 11.9 Å². The third-order valence-electron chi connectivity index (χ3n) is 3.78.